The van der Waals surface area contributed by atoms with Crippen molar-refractivity contribution < 1.29 is 14.7 Å². The number of aromatic hydroxyl groups is 1. The molecule has 0 heterocycles. The summed E-state index contributed by atoms with van der Waals surface area (Å²) < 4.78 is 0. The van der Waals surface area contributed by atoms with Crippen molar-refractivity contribution in [2.45, 2.75) is 26.3 Å². The number of amides is 2. The number of hydrogen-bond donors (Lipinski definition) is 3. The van der Waals surface area contributed by atoms with Gasteiger partial charge in [-0.3, -0.25) is 9.59 Å². The molecule has 3 N–H and O–H groups in total. The van der Waals surface area contributed by atoms with Crippen molar-refractivity contribution in [2.24, 2.45) is 0 Å². The van der Waals surface area contributed by atoms with Crippen LogP contribution in [-0.2, 0) is 4.79 Å². The summed E-state index contributed by atoms with van der Waals surface area (Å²) in [5, 5.41) is 15.4. The van der Waals surface area contributed by atoms with Gasteiger partial charge in [-0.05, 0) is 37.6 Å². The molecule has 0 saturated carbocycles. The van der Waals surface area contributed by atoms with Gasteiger partial charge in [0.05, 0.1) is 0 Å². The molecule has 0 saturated heterocycles. The Labute approximate surface area is 147 Å². The minimum absolute atomic E-state index is 0.0327. The van der Waals surface area contributed by atoms with E-state index in [1.54, 1.807) is 42.5 Å². The second-order valence-electron chi connectivity index (χ2n) is 5.72. The molecule has 130 valence electrons. The molecule has 0 aliphatic carbocycles. The number of nitrogens with one attached hydrogen (secondary N) is 2. The number of rotatable bonds is 6. The van der Waals surface area contributed by atoms with Gasteiger partial charge in [0.1, 0.15) is 11.4 Å². The molecule has 0 aliphatic rings. The van der Waals surface area contributed by atoms with Gasteiger partial charge in [0, 0.05) is 17.2 Å². The van der Waals surface area contributed by atoms with Crippen LogP contribution in [-0.4, -0.2) is 23.0 Å². The first-order chi connectivity index (χ1) is 12.0. The Morgan fingerprint density at radius 3 is 2.36 bits per heavy atom. The highest BCUT2D eigenvalue weighted by atomic mass is 16.3. The molecule has 2 aromatic rings. The SMILES string of the molecule is CCC(C)NC(=O)/C(=C/c1ccccc1O)NC(=O)c1ccccc1. The van der Waals surface area contributed by atoms with E-state index in [4.69, 9.17) is 0 Å². The Balaban J connectivity index is 2.30. The molecular formula is C20H22N2O3. The van der Waals surface area contributed by atoms with Gasteiger partial charge in [0.25, 0.3) is 11.8 Å². The van der Waals surface area contributed by atoms with Crippen LogP contribution in [0, 0.1) is 0 Å². The molecule has 0 bridgehead atoms. The Morgan fingerprint density at radius 2 is 1.72 bits per heavy atom. The smallest absolute Gasteiger partial charge is 0.268 e. The van der Waals surface area contributed by atoms with Gasteiger partial charge in [-0.2, -0.15) is 0 Å². The number of phenolic OH excluding ortho intramolecular Hbond substituents is 1. The van der Waals surface area contributed by atoms with Crippen LogP contribution in [0.2, 0.25) is 0 Å². The van der Waals surface area contributed by atoms with Crippen LogP contribution >= 0.6 is 0 Å². The lowest BCUT2D eigenvalue weighted by Gasteiger charge is -2.15. The first-order valence-corrected chi connectivity index (χ1v) is 8.18. The molecule has 25 heavy (non-hydrogen) atoms. The molecule has 2 amide bonds. The van der Waals surface area contributed by atoms with Crippen LogP contribution in [0.4, 0.5) is 0 Å². The molecule has 0 aliphatic heterocycles. The molecule has 1 atom stereocenters. The minimum atomic E-state index is -0.401. The third kappa shape index (κ3) is 5.21. The largest absolute Gasteiger partial charge is 0.507 e. The van der Waals surface area contributed by atoms with E-state index >= 15 is 0 Å². The predicted octanol–water partition coefficient (Wildman–Crippen LogP) is 3.08. The fourth-order valence-corrected chi connectivity index (χ4v) is 2.11. The van der Waals surface area contributed by atoms with Gasteiger partial charge >= 0.3 is 0 Å². The number of phenols is 1. The fraction of sp³-hybridized carbons (Fsp3) is 0.200. The van der Waals surface area contributed by atoms with Gasteiger partial charge in [0.15, 0.2) is 0 Å². The van der Waals surface area contributed by atoms with Crippen LogP contribution < -0.4 is 10.6 Å². The summed E-state index contributed by atoms with van der Waals surface area (Å²) in [5.41, 5.74) is 0.975. The zero-order valence-corrected chi connectivity index (χ0v) is 14.3. The van der Waals surface area contributed by atoms with E-state index in [1.165, 1.54) is 12.1 Å². The average Bonchev–Trinajstić information content (AvgIpc) is 2.63. The van der Waals surface area contributed by atoms with Gasteiger partial charge in [-0.15, -0.1) is 0 Å². The first-order valence-electron chi connectivity index (χ1n) is 8.18. The number of para-hydroxylation sites is 1. The molecule has 0 aromatic heterocycles. The number of benzene rings is 2. The lowest BCUT2D eigenvalue weighted by atomic mass is 10.1. The van der Waals surface area contributed by atoms with Crippen molar-refractivity contribution in [2.75, 3.05) is 0 Å². The van der Waals surface area contributed by atoms with E-state index in [2.05, 4.69) is 10.6 Å². The van der Waals surface area contributed by atoms with E-state index in [9.17, 15) is 14.7 Å². The van der Waals surface area contributed by atoms with Crippen molar-refractivity contribution in [3.63, 3.8) is 0 Å². The van der Waals surface area contributed by atoms with Crippen molar-refractivity contribution in [1.29, 1.82) is 0 Å². The monoisotopic (exact) mass is 338 g/mol. The maximum atomic E-state index is 12.5. The summed E-state index contributed by atoms with van der Waals surface area (Å²) in [6.45, 7) is 3.84. The van der Waals surface area contributed by atoms with E-state index in [-0.39, 0.29) is 23.4 Å². The zero-order valence-electron chi connectivity index (χ0n) is 14.3. The average molecular weight is 338 g/mol. The van der Waals surface area contributed by atoms with Crippen LogP contribution in [0.1, 0.15) is 36.2 Å². The molecular weight excluding hydrogens is 316 g/mol. The van der Waals surface area contributed by atoms with Crippen LogP contribution in [0.5, 0.6) is 5.75 Å². The Kier molecular flexibility index (Phi) is 6.34. The summed E-state index contributed by atoms with van der Waals surface area (Å²) >= 11 is 0. The molecule has 5 heteroatoms. The lowest BCUT2D eigenvalue weighted by Crippen LogP contribution is -2.38. The summed E-state index contributed by atoms with van der Waals surface area (Å²) in [7, 11) is 0. The van der Waals surface area contributed by atoms with E-state index in [0.29, 0.717) is 11.1 Å². The molecule has 2 aromatic carbocycles. The maximum absolute atomic E-state index is 12.5. The third-order valence-corrected chi connectivity index (χ3v) is 3.76. The summed E-state index contributed by atoms with van der Waals surface area (Å²) in [5.74, 6) is -0.756. The molecule has 5 nitrogen and oxygen atoms in total. The number of hydrogen-bond acceptors (Lipinski definition) is 3. The molecule has 1 unspecified atom stereocenters. The van der Waals surface area contributed by atoms with Crippen molar-refractivity contribution >= 4 is 17.9 Å². The van der Waals surface area contributed by atoms with Crippen LogP contribution in [0.3, 0.4) is 0 Å². The van der Waals surface area contributed by atoms with E-state index in [0.717, 1.165) is 6.42 Å². The highest BCUT2D eigenvalue weighted by molar-refractivity contribution is 6.05. The van der Waals surface area contributed by atoms with Crippen molar-refractivity contribution in [3.8, 4) is 5.75 Å². The second kappa shape index (κ2) is 8.68. The van der Waals surface area contributed by atoms with Crippen molar-refractivity contribution in [3.05, 3.63) is 71.4 Å². The van der Waals surface area contributed by atoms with E-state index in [1.807, 2.05) is 19.9 Å². The topological polar surface area (TPSA) is 78.4 Å². The standard InChI is InChI=1S/C20H22N2O3/c1-3-14(2)21-20(25)17(13-16-11-7-8-12-18(16)23)22-19(24)15-9-5-4-6-10-15/h4-14,23H,3H2,1-2H3,(H,21,25)(H,22,24)/b17-13-. The Bertz CT molecular complexity index is 770. The quantitative estimate of drug-likeness (QED) is 0.708. The van der Waals surface area contributed by atoms with Gasteiger partial charge < -0.3 is 15.7 Å². The lowest BCUT2D eigenvalue weighted by molar-refractivity contribution is -0.118. The second-order valence-corrected chi connectivity index (χ2v) is 5.72. The van der Waals surface area contributed by atoms with E-state index < -0.39 is 5.91 Å². The van der Waals surface area contributed by atoms with Crippen molar-refractivity contribution in [1.82, 2.24) is 10.6 Å². The van der Waals surface area contributed by atoms with Crippen LogP contribution in [0.15, 0.2) is 60.3 Å². The summed E-state index contributed by atoms with van der Waals surface area (Å²) in [6.07, 6.45) is 2.23. The van der Waals surface area contributed by atoms with Gasteiger partial charge in [-0.25, -0.2) is 0 Å². The molecule has 0 spiro atoms. The highest BCUT2D eigenvalue weighted by Crippen LogP contribution is 2.18. The van der Waals surface area contributed by atoms with Gasteiger partial charge in [0.2, 0.25) is 0 Å². The molecule has 0 fully saturated rings. The highest BCUT2D eigenvalue weighted by Gasteiger charge is 2.16. The maximum Gasteiger partial charge on any atom is 0.268 e. The Hall–Kier alpha value is -3.08. The molecule has 2 rings (SSSR count). The third-order valence-electron chi connectivity index (χ3n) is 3.76. The minimum Gasteiger partial charge on any atom is -0.507 e. The zero-order chi connectivity index (χ0) is 18.2. The van der Waals surface area contributed by atoms with Crippen LogP contribution in [0.25, 0.3) is 6.08 Å². The first kappa shape index (κ1) is 18.3. The van der Waals surface area contributed by atoms with Gasteiger partial charge in [-0.1, -0.05) is 43.3 Å². The fourth-order valence-electron chi connectivity index (χ4n) is 2.11. The number of carbonyl (C=O) groups is 2. The number of carbonyl (C=O) groups excluding carboxylic acids is 2. The summed E-state index contributed by atoms with van der Waals surface area (Å²) in [6, 6.07) is 15.2. The Morgan fingerprint density at radius 1 is 1.08 bits per heavy atom. The normalized spacial score (nSPS) is 12.3. The molecule has 0 radical (unpaired) electrons. The summed E-state index contributed by atoms with van der Waals surface area (Å²) in [4.78, 5) is 24.9. The predicted molar refractivity (Wildman–Crippen MR) is 97.9 cm³/mol.